The molecule has 5 heterocycles. The van der Waals surface area contributed by atoms with Crippen molar-refractivity contribution in [2.45, 2.75) is 25.7 Å². The third-order valence-corrected chi connectivity index (χ3v) is 5.41. The highest BCUT2D eigenvalue weighted by Crippen LogP contribution is 2.23. The number of fused-ring (bicyclic) bond motifs is 2. The number of aromatic amines is 1. The lowest BCUT2D eigenvalue weighted by atomic mass is 10.1. The van der Waals surface area contributed by atoms with Gasteiger partial charge in [0, 0.05) is 31.9 Å². The zero-order chi connectivity index (χ0) is 21.8. The lowest BCUT2D eigenvalue weighted by Gasteiger charge is -2.25. The van der Waals surface area contributed by atoms with Crippen LogP contribution in [0.4, 0.5) is 0 Å². The summed E-state index contributed by atoms with van der Waals surface area (Å²) in [4.78, 5) is 31.8. The predicted molar refractivity (Wildman–Crippen MR) is 116 cm³/mol. The Kier molecular flexibility index (Phi) is 5.80. The number of likely N-dealkylation sites (tertiary alicyclic amines) is 1. The largest absolute Gasteiger partial charge is 0.342 e. The molecule has 1 aliphatic heterocycles. The minimum atomic E-state index is -0.162. The van der Waals surface area contributed by atoms with Crippen LogP contribution < -0.4 is 5.69 Å². The smallest absolute Gasteiger partial charge is 0.327 e. The summed E-state index contributed by atoms with van der Waals surface area (Å²) in [7, 11) is 1.72. The molecular formula is C22H23N7O2. The molecule has 31 heavy (non-hydrogen) atoms. The molecule has 1 fully saturated rings. The summed E-state index contributed by atoms with van der Waals surface area (Å²) in [6.07, 6.45) is 7.12. The van der Waals surface area contributed by atoms with Gasteiger partial charge in [-0.15, -0.1) is 0 Å². The Morgan fingerprint density at radius 2 is 1.97 bits per heavy atom. The number of nitriles is 1. The van der Waals surface area contributed by atoms with Crippen LogP contribution in [0.5, 0.6) is 0 Å². The van der Waals surface area contributed by atoms with Crippen molar-refractivity contribution in [3.8, 4) is 17.3 Å². The number of aromatic nitrogens is 5. The topological polar surface area (TPSA) is 112 Å². The van der Waals surface area contributed by atoms with Gasteiger partial charge >= 0.3 is 5.69 Å². The minimum Gasteiger partial charge on any atom is -0.342 e. The predicted octanol–water partition coefficient (Wildman–Crippen LogP) is 2.49. The average Bonchev–Trinajstić information content (AvgIpc) is 3.35. The molecule has 1 N–H and O–H groups in total. The van der Waals surface area contributed by atoms with Gasteiger partial charge in [0.05, 0.1) is 29.0 Å². The Bertz CT molecular complexity index is 1320. The van der Waals surface area contributed by atoms with Gasteiger partial charge in [0.15, 0.2) is 5.65 Å². The number of nitrogens with one attached hydrogen (secondary N) is 1. The summed E-state index contributed by atoms with van der Waals surface area (Å²) in [6, 6.07) is 11.5. The van der Waals surface area contributed by atoms with E-state index in [1.54, 1.807) is 27.2 Å². The van der Waals surface area contributed by atoms with Gasteiger partial charge in [0.1, 0.15) is 6.42 Å². The quantitative estimate of drug-likeness (QED) is 0.538. The molecule has 0 unspecified atom stereocenters. The molecule has 0 spiro atoms. The maximum absolute atomic E-state index is 11.6. The van der Waals surface area contributed by atoms with Crippen LogP contribution in [0, 0.1) is 11.3 Å². The van der Waals surface area contributed by atoms with E-state index in [1.807, 2.05) is 42.6 Å². The van der Waals surface area contributed by atoms with Gasteiger partial charge in [-0.25, -0.2) is 14.3 Å². The highest BCUT2D eigenvalue weighted by atomic mass is 16.2. The van der Waals surface area contributed by atoms with Crippen LogP contribution in [-0.4, -0.2) is 48.0 Å². The van der Waals surface area contributed by atoms with Crippen molar-refractivity contribution in [2.75, 3.05) is 13.1 Å². The summed E-state index contributed by atoms with van der Waals surface area (Å²) >= 11 is 0. The first-order valence-electron chi connectivity index (χ1n) is 10.2. The normalized spacial score (nSPS) is 13.6. The van der Waals surface area contributed by atoms with Crippen LogP contribution >= 0.6 is 0 Å². The zero-order valence-electron chi connectivity index (χ0n) is 17.3. The Labute approximate surface area is 178 Å². The van der Waals surface area contributed by atoms with Crippen LogP contribution in [-0.2, 0) is 11.8 Å². The first-order chi connectivity index (χ1) is 15.1. The molecule has 0 aromatic carbocycles. The van der Waals surface area contributed by atoms with E-state index in [4.69, 9.17) is 5.26 Å². The number of hydrogen-bond acceptors (Lipinski definition) is 5. The van der Waals surface area contributed by atoms with Gasteiger partial charge in [-0.05, 0) is 43.5 Å². The number of hydrogen-bond donors (Lipinski definition) is 1. The van der Waals surface area contributed by atoms with Crippen molar-refractivity contribution in [1.29, 1.82) is 5.26 Å². The second-order valence-corrected chi connectivity index (χ2v) is 7.42. The van der Waals surface area contributed by atoms with Gasteiger partial charge in [-0.1, -0.05) is 6.07 Å². The Morgan fingerprint density at radius 1 is 1.16 bits per heavy atom. The second-order valence-electron chi connectivity index (χ2n) is 7.42. The molecule has 1 aliphatic rings. The summed E-state index contributed by atoms with van der Waals surface area (Å²) in [5, 5.41) is 12.6. The molecule has 0 aliphatic carbocycles. The van der Waals surface area contributed by atoms with Crippen LogP contribution in [0.1, 0.15) is 25.7 Å². The van der Waals surface area contributed by atoms with Crippen LogP contribution in [0.2, 0.25) is 0 Å². The van der Waals surface area contributed by atoms with Crippen molar-refractivity contribution < 1.29 is 4.79 Å². The lowest BCUT2D eigenvalue weighted by molar-refractivity contribution is -0.130. The number of piperidine rings is 1. The summed E-state index contributed by atoms with van der Waals surface area (Å²) < 4.78 is 3.34. The molecule has 1 amide bonds. The number of rotatable bonds is 2. The zero-order valence-corrected chi connectivity index (χ0v) is 17.3. The number of nitrogens with zero attached hydrogens (tertiary/aromatic N) is 6. The van der Waals surface area contributed by atoms with Crippen LogP contribution in [0.15, 0.2) is 47.5 Å². The van der Waals surface area contributed by atoms with Gasteiger partial charge in [-0.3, -0.25) is 14.3 Å². The first-order valence-corrected chi connectivity index (χ1v) is 10.2. The number of pyridine rings is 2. The summed E-state index contributed by atoms with van der Waals surface area (Å²) in [6.45, 7) is 1.70. The van der Waals surface area contributed by atoms with E-state index in [0.29, 0.717) is 5.65 Å². The Morgan fingerprint density at radius 3 is 2.74 bits per heavy atom. The average molecular weight is 417 g/mol. The third kappa shape index (κ3) is 4.19. The molecule has 0 radical (unpaired) electrons. The molecule has 1 saturated heterocycles. The molecule has 158 valence electrons. The fraction of sp³-hybridized carbons (Fsp3) is 0.318. The van der Waals surface area contributed by atoms with Gasteiger partial charge in [0.25, 0.3) is 0 Å². The maximum Gasteiger partial charge on any atom is 0.327 e. The molecule has 5 rings (SSSR count). The standard InChI is InChI=1S/C14H11N5O.C8H12N2O/c1-18-12-6-5-10(16-13(12)17-14(18)20)9-8-15-19-7-3-2-4-11(9)19;9-5-4-8(11)10-6-2-1-3-7-10/h2-8H,1H3,(H,16,17,20);1-4,6-7H2. The fourth-order valence-corrected chi connectivity index (χ4v) is 3.71. The number of amides is 1. The Hall–Kier alpha value is -3.93. The highest BCUT2D eigenvalue weighted by Gasteiger charge is 2.15. The van der Waals surface area contributed by atoms with Crippen molar-refractivity contribution in [2.24, 2.45) is 7.05 Å². The number of imidazole rings is 1. The lowest BCUT2D eigenvalue weighted by Crippen LogP contribution is -2.35. The molecular weight excluding hydrogens is 394 g/mol. The molecule has 0 atom stereocenters. The molecule has 4 aromatic heterocycles. The van der Waals surface area contributed by atoms with Crippen LogP contribution in [0.3, 0.4) is 0 Å². The number of carbonyl (C=O) groups is 1. The van der Waals surface area contributed by atoms with Crippen LogP contribution in [0.25, 0.3) is 27.9 Å². The summed E-state index contributed by atoms with van der Waals surface area (Å²) in [5.74, 6) is -0.00722. The fourth-order valence-electron chi connectivity index (χ4n) is 3.71. The number of H-pyrrole nitrogens is 1. The molecule has 0 saturated carbocycles. The molecule has 9 nitrogen and oxygen atoms in total. The van der Waals surface area contributed by atoms with E-state index in [9.17, 15) is 9.59 Å². The maximum atomic E-state index is 11.6. The van der Waals surface area contributed by atoms with E-state index in [0.717, 1.165) is 48.2 Å². The van der Waals surface area contributed by atoms with E-state index < -0.39 is 0 Å². The monoisotopic (exact) mass is 417 g/mol. The van der Waals surface area contributed by atoms with E-state index in [2.05, 4.69) is 15.1 Å². The number of aryl methyl sites for hydroxylation is 1. The van der Waals surface area contributed by atoms with Crippen molar-refractivity contribution >= 4 is 22.6 Å². The third-order valence-electron chi connectivity index (χ3n) is 5.41. The highest BCUT2D eigenvalue weighted by molar-refractivity contribution is 5.82. The molecule has 4 aromatic rings. The van der Waals surface area contributed by atoms with Gasteiger partial charge in [-0.2, -0.15) is 10.4 Å². The summed E-state index contributed by atoms with van der Waals surface area (Å²) in [5.41, 5.74) is 3.93. The van der Waals surface area contributed by atoms with E-state index >= 15 is 0 Å². The van der Waals surface area contributed by atoms with Gasteiger partial charge in [0.2, 0.25) is 5.91 Å². The van der Waals surface area contributed by atoms with Crippen molar-refractivity contribution in [1.82, 2.24) is 29.0 Å². The first kappa shape index (κ1) is 20.3. The minimum absolute atomic E-state index is 0.00722. The van der Waals surface area contributed by atoms with Gasteiger partial charge < -0.3 is 4.90 Å². The second kappa shape index (κ2) is 8.83. The Balaban J connectivity index is 0.000000180. The molecule has 0 bridgehead atoms. The van der Waals surface area contributed by atoms with Crippen molar-refractivity contribution in [3.05, 3.63) is 53.2 Å². The van der Waals surface area contributed by atoms with E-state index in [-0.39, 0.29) is 18.0 Å². The molecule has 9 heteroatoms. The van der Waals surface area contributed by atoms with Crippen molar-refractivity contribution in [3.63, 3.8) is 0 Å². The van der Waals surface area contributed by atoms with E-state index in [1.165, 1.54) is 6.42 Å². The SMILES string of the molecule is Cn1c(=O)[nH]c2nc(-c3cnn4ccccc34)ccc21.N#CCC(=O)N1CCCCC1. The number of carbonyl (C=O) groups excluding carboxylic acids is 1.